The third-order valence-corrected chi connectivity index (χ3v) is 3.03. The Kier molecular flexibility index (Phi) is 4.29. The van der Waals surface area contributed by atoms with Crippen LogP contribution in [0.4, 0.5) is 0 Å². The van der Waals surface area contributed by atoms with Crippen LogP contribution in [0, 0.1) is 5.92 Å². The molecule has 0 aliphatic carbocycles. The number of nitrogens with one attached hydrogen (secondary N) is 1. The molecular weight excluding hydrogens is 206 g/mol. The van der Waals surface area contributed by atoms with Gasteiger partial charge in [-0.05, 0) is 32.7 Å². The van der Waals surface area contributed by atoms with Crippen LogP contribution in [0.2, 0.25) is 0 Å². The number of nitrogens with two attached hydrogens (primary N) is 1. The van der Waals surface area contributed by atoms with Gasteiger partial charge in [0, 0.05) is 6.04 Å². The van der Waals surface area contributed by atoms with E-state index in [1.165, 1.54) is 0 Å². The van der Waals surface area contributed by atoms with Crippen LogP contribution in [0.1, 0.15) is 27.2 Å². The van der Waals surface area contributed by atoms with Crippen molar-refractivity contribution in [2.75, 3.05) is 13.1 Å². The second-order valence-electron chi connectivity index (χ2n) is 4.72. The average Bonchev–Trinajstić information content (AvgIpc) is 2.59. The second-order valence-corrected chi connectivity index (χ2v) is 4.72. The largest absolute Gasteiger partial charge is 0.368 e. The number of carbonyl (C=O) groups is 2. The molecule has 2 unspecified atom stereocenters. The van der Waals surface area contributed by atoms with Gasteiger partial charge in [0.2, 0.25) is 11.8 Å². The van der Waals surface area contributed by atoms with Crippen molar-refractivity contribution < 1.29 is 9.59 Å². The van der Waals surface area contributed by atoms with Gasteiger partial charge in [0.25, 0.3) is 0 Å². The maximum Gasteiger partial charge on any atom is 0.240 e. The third-order valence-electron chi connectivity index (χ3n) is 3.03. The number of primary amides is 1. The quantitative estimate of drug-likeness (QED) is 0.693. The Labute approximate surface area is 96.4 Å². The van der Waals surface area contributed by atoms with Gasteiger partial charge in [-0.1, -0.05) is 6.92 Å². The molecule has 1 aliphatic heterocycles. The zero-order chi connectivity index (χ0) is 12.3. The predicted molar refractivity (Wildman–Crippen MR) is 61.6 cm³/mol. The lowest BCUT2D eigenvalue weighted by molar-refractivity contribution is -0.139. The van der Waals surface area contributed by atoms with Crippen molar-refractivity contribution >= 4 is 11.8 Å². The number of amides is 2. The number of nitrogens with zero attached hydrogens (tertiary/aromatic N) is 1. The fourth-order valence-corrected chi connectivity index (χ4v) is 2.03. The van der Waals surface area contributed by atoms with E-state index in [-0.39, 0.29) is 24.5 Å². The van der Waals surface area contributed by atoms with Gasteiger partial charge >= 0.3 is 0 Å². The van der Waals surface area contributed by atoms with Crippen molar-refractivity contribution in [1.29, 1.82) is 0 Å². The summed E-state index contributed by atoms with van der Waals surface area (Å²) in [4.78, 5) is 24.7. The Hall–Kier alpha value is -1.10. The monoisotopic (exact) mass is 227 g/mol. The molecule has 0 spiro atoms. The van der Waals surface area contributed by atoms with Crippen LogP contribution >= 0.6 is 0 Å². The standard InChI is InChI=1S/C11H21N3O2/c1-7(2)14(6-9(12)15)11(16)10-8(3)4-5-13-10/h7-8,10,13H,4-6H2,1-3H3,(H2,12,15). The Morgan fingerprint density at radius 2 is 2.12 bits per heavy atom. The lowest BCUT2D eigenvalue weighted by Gasteiger charge is -2.29. The zero-order valence-corrected chi connectivity index (χ0v) is 10.2. The van der Waals surface area contributed by atoms with Crippen LogP contribution in [0.3, 0.4) is 0 Å². The van der Waals surface area contributed by atoms with E-state index < -0.39 is 5.91 Å². The highest BCUT2D eigenvalue weighted by molar-refractivity contribution is 5.87. The SMILES string of the molecule is CC1CCNC1C(=O)N(CC(N)=O)C(C)C. The van der Waals surface area contributed by atoms with E-state index in [1.807, 2.05) is 20.8 Å². The van der Waals surface area contributed by atoms with Crippen LogP contribution in [0.25, 0.3) is 0 Å². The predicted octanol–water partition coefficient (Wildman–Crippen LogP) is -0.293. The van der Waals surface area contributed by atoms with Crippen molar-refractivity contribution in [2.45, 2.75) is 39.3 Å². The molecule has 0 saturated carbocycles. The van der Waals surface area contributed by atoms with Gasteiger partial charge in [-0.15, -0.1) is 0 Å². The molecule has 2 atom stereocenters. The molecule has 1 fully saturated rings. The van der Waals surface area contributed by atoms with Crippen molar-refractivity contribution in [3.05, 3.63) is 0 Å². The van der Waals surface area contributed by atoms with Gasteiger partial charge < -0.3 is 16.0 Å². The molecule has 0 aromatic carbocycles. The molecule has 0 aromatic heterocycles. The molecular formula is C11H21N3O2. The maximum atomic E-state index is 12.2. The normalized spacial score (nSPS) is 24.8. The van der Waals surface area contributed by atoms with Crippen molar-refractivity contribution in [3.63, 3.8) is 0 Å². The molecule has 3 N–H and O–H groups in total. The Bertz CT molecular complexity index is 278. The summed E-state index contributed by atoms with van der Waals surface area (Å²) in [5.74, 6) is -0.159. The summed E-state index contributed by atoms with van der Waals surface area (Å²) in [5.41, 5.74) is 5.15. The number of hydrogen-bond donors (Lipinski definition) is 2. The summed E-state index contributed by atoms with van der Waals surface area (Å²) in [7, 11) is 0. The van der Waals surface area contributed by atoms with E-state index in [1.54, 1.807) is 4.90 Å². The van der Waals surface area contributed by atoms with E-state index >= 15 is 0 Å². The van der Waals surface area contributed by atoms with E-state index in [2.05, 4.69) is 5.32 Å². The number of rotatable bonds is 4. The number of hydrogen-bond acceptors (Lipinski definition) is 3. The Balaban J connectivity index is 2.70. The molecule has 0 bridgehead atoms. The number of carbonyl (C=O) groups excluding carboxylic acids is 2. The summed E-state index contributed by atoms with van der Waals surface area (Å²) >= 11 is 0. The zero-order valence-electron chi connectivity index (χ0n) is 10.2. The molecule has 1 heterocycles. The van der Waals surface area contributed by atoms with E-state index in [4.69, 9.17) is 5.73 Å². The van der Waals surface area contributed by atoms with Crippen LogP contribution in [0.15, 0.2) is 0 Å². The molecule has 0 aromatic rings. The summed E-state index contributed by atoms with van der Waals surface area (Å²) in [6.07, 6.45) is 0.999. The van der Waals surface area contributed by atoms with Gasteiger partial charge in [-0.25, -0.2) is 0 Å². The minimum atomic E-state index is -0.465. The highest BCUT2D eigenvalue weighted by Crippen LogP contribution is 2.17. The first-order valence-electron chi connectivity index (χ1n) is 5.75. The van der Waals surface area contributed by atoms with Crippen LogP contribution in [-0.2, 0) is 9.59 Å². The Morgan fingerprint density at radius 3 is 2.50 bits per heavy atom. The first kappa shape index (κ1) is 13.0. The molecule has 92 valence electrons. The van der Waals surface area contributed by atoms with E-state index in [9.17, 15) is 9.59 Å². The molecule has 1 saturated heterocycles. The fraction of sp³-hybridized carbons (Fsp3) is 0.818. The third kappa shape index (κ3) is 2.95. The van der Waals surface area contributed by atoms with Crippen molar-refractivity contribution in [2.24, 2.45) is 11.7 Å². The summed E-state index contributed by atoms with van der Waals surface area (Å²) in [6.45, 7) is 6.69. The lowest BCUT2D eigenvalue weighted by atomic mass is 10.0. The summed E-state index contributed by atoms with van der Waals surface area (Å²) in [6, 6.07) is -0.170. The first-order valence-corrected chi connectivity index (χ1v) is 5.75. The van der Waals surface area contributed by atoms with Crippen LogP contribution in [-0.4, -0.2) is 41.9 Å². The van der Waals surface area contributed by atoms with Gasteiger partial charge in [-0.2, -0.15) is 0 Å². The fourth-order valence-electron chi connectivity index (χ4n) is 2.03. The van der Waals surface area contributed by atoms with Crippen LogP contribution in [0.5, 0.6) is 0 Å². The molecule has 0 radical (unpaired) electrons. The summed E-state index contributed by atoms with van der Waals surface area (Å²) < 4.78 is 0. The van der Waals surface area contributed by atoms with Crippen molar-refractivity contribution in [3.8, 4) is 0 Å². The highest BCUT2D eigenvalue weighted by atomic mass is 16.2. The van der Waals surface area contributed by atoms with Gasteiger partial charge in [-0.3, -0.25) is 9.59 Å². The molecule has 2 amide bonds. The topological polar surface area (TPSA) is 75.4 Å². The van der Waals surface area contributed by atoms with Crippen molar-refractivity contribution in [1.82, 2.24) is 10.2 Å². The average molecular weight is 227 g/mol. The molecule has 5 nitrogen and oxygen atoms in total. The molecule has 1 rings (SSSR count). The Morgan fingerprint density at radius 1 is 1.50 bits per heavy atom. The van der Waals surface area contributed by atoms with E-state index in [0.717, 1.165) is 13.0 Å². The highest BCUT2D eigenvalue weighted by Gasteiger charge is 2.33. The second kappa shape index (κ2) is 5.30. The molecule has 1 aliphatic rings. The smallest absolute Gasteiger partial charge is 0.240 e. The molecule has 5 heteroatoms. The lowest BCUT2D eigenvalue weighted by Crippen LogP contribution is -2.51. The first-order chi connectivity index (χ1) is 7.43. The minimum absolute atomic E-state index is 0.00139. The van der Waals surface area contributed by atoms with Gasteiger partial charge in [0.15, 0.2) is 0 Å². The summed E-state index contributed by atoms with van der Waals surface area (Å²) in [5, 5.41) is 3.17. The molecule has 16 heavy (non-hydrogen) atoms. The van der Waals surface area contributed by atoms with Gasteiger partial charge in [0.1, 0.15) is 0 Å². The maximum absolute atomic E-state index is 12.2. The van der Waals surface area contributed by atoms with E-state index in [0.29, 0.717) is 5.92 Å². The van der Waals surface area contributed by atoms with Crippen LogP contribution < -0.4 is 11.1 Å². The van der Waals surface area contributed by atoms with Gasteiger partial charge in [0.05, 0.1) is 12.6 Å². The minimum Gasteiger partial charge on any atom is -0.368 e.